The molecule has 0 aromatic rings. The summed E-state index contributed by atoms with van der Waals surface area (Å²) in [4.78, 5) is 2.11. The molecule has 1 heterocycles. The molecule has 0 aromatic heterocycles. The predicted octanol–water partition coefficient (Wildman–Crippen LogP) is 1.19. The lowest BCUT2D eigenvalue weighted by Gasteiger charge is -2.21. The molecule has 0 saturated carbocycles. The van der Waals surface area contributed by atoms with Gasteiger partial charge in [-0.15, -0.1) is 0 Å². The maximum absolute atomic E-state index is 2.99. The van der Waals surface area contributed by atoms with Gasteiger partial charge in [0.2, 0.25) is 0 Å². The molecule has 0 fully saturated rings. The smallest absolute Gasteiger partial charge is 0.0439 e. The molecule has 1 unspecified atom stereocenters. The first-order valence-corrected chi connectivity index (χ1v) is 2.78. The van der Waals surface area contributed by atoms with Gasteiger partial charge in [-0.2, -0.15) is 0 Å². The van der Waals surface area contributed by atoms with Crippen LogP contribution >= 0.6 is 0 Å². The van der Waals surface area contributed by atoms with Gasteiger partial charge < -0.3 is 4.90 Å². The molecule has 0 bridgehead atoms. The molecule has 0 N–H and O–H groups in total. The van der Waals surface area contributed by atoms with Crippen molar-refractivity contribution in [2.75, 3.05) is 7.05 Å². The summed E-state index contributed by atoms with van der Waals surface area (Å²) in [5.74, 6) is 0. The molecule has 1 aliphatic rings. The largest absolute Gasteiger partial charge is 0.374 e. The van der Waals surface area contributed by atoms with E-state index in [1.54, 1.807) is 0 Å². The van der Waals surface area contributed by atoms with Crippen LogP contribution in [0, 0.1) is 6.08 Å². The Kier molecular flexibility index (Phi) is 1.38. The van der Waals surface area contributed by atoms with Crippen LogP contribution < -0.4 is 0 Å². The van der Waals surface area contributed by atoms with Crippen LogP contribution in [0.5, 0.6) is 0 Å². The first kappa shape index (κ1) is 5.42. The topological polar surface area (TPSA) is 3.24 Å². The maximum atomic E-state index is 2.99. The van der Waals surface area contributed by atoms with E-state index in [-0.39, 0.29) is 0 Å². The van der Waals surface area contributed by atoms with E-state index in [4.69, 9.17) is 0 Å². The van der Waals surface area contributed by atoms with Crippen LogP contribution in [0.1, 0.15) is 6.92 Å². The minimum Gasteiger partial charge on any atom is -0.374 e. The summed E-state index contributed by atoms with van der Waals surface area (Å²) < 4.78 is 0. The third kappa shape index (κ3) is 0.915. The van der Waals surface area contributed by atoms with Gasteiger partial charge in [-0.1, -0.05) is 12.2 Å². The van der Waals surface area contributed by atoms with Crippen molar-refractivity contribution in [3.8, 4) is 0 Å². The van der Waals surface area contributed by atoms with Crippen molar-refractivity contribution >= 4 is 0 Å². The lowest BCUT2D eigenvalue weighted by molar-refractivity contribution is 0.401. The maximum Gasteiger partial charge on any atom is 0.0439 e. The fourth-order valence-corrected chi connectivity index (χ4v) is 0.609. The molecule has 0 spiro atoms. The zero-order chi connectivity index (χ0) is 5.98. The van der Waals surface area contributed by atoms with Gasteiger partial charge in [0.15, 0.2) is 0 Å². The number of likely N-dealkylation sites (N-methyl/N-ethyl adjacent to an activating group) is 1. The SMILES string of the molecule is CC1C=C[C]=CN1C. The lowest BCUT2D eigenvalue weighted by Crippen LogP contribution is -2.22. The summed E-state index contributed by atoms with van der Waals surface area (Å²) in [6, 6.07) is 0.538. The van der Waals surface area contributed by atoms with E-state index in [1.165, 1.54) is 0 Å². The summed E-state index contributed by atoms with van der Waals surface area (Å²) in [6.45, 7) is 2.15. The van der Waals surface area contributed by atoms with E-state index in [2.05, 4.69) is 24.0 Å². The molecule has 43 valence electrons. The standard InChI is InChI=1S/C7H10N/c1-7-5-3-4-6-8(7)2/h3,5-7H,1-2H3. The summed E-state index contributed by atoms with van der Waals surface area (Å²) in [6.07, 6.45) is 8.99. The predicted molar refractivity (Wildman–Crippen MR) is 34.2 cm³/mol. The molecule has 0 amide bonds. The minimum atomic E-state index is 0.538. The third-order valence-corrected chi connectivity index (χ3v) is 1.39. The average molecular weight is 108 g/mol. The van der Waals surface area contributed by atoms with Crippen molar-refractivity contribution in [3.05, 3.63) is 24.4 Å². The van der Waals surface area contributed by atoms with E-state index in [0.29, 0.717) is 6.04 Å². The van der Waals surface area contributed by atoms with E-state index in [0.717, 1.165) is 0 Å². The van der Waals surface area contributed by atoms with Crippen molar-refractivity contribution in [3.63, 3.8) is 0 Å². The number of hydrogen-bond acceptors (Lipinski definition) is 1. The van der Waals surface area contributed by atoms with Crippen LogP contribution in [-0.4, -0.2) is 18.0 Å². The lowest BCUT2D eigenvalue weighted by atomic mass is 10.2. The fourth-order valence-electron chi connectivity index (χ4n) is 0.609. The molecular formula is C7H10N. The zero-order valence-corrected chi connectivity index (χ0v) is 5.26. The molecule has 1 heteroatoms. The van der Waals surface area contributed by atoms with Gasteiger partial charge in [-0.3, -0.25) is 0 Å². The van der Waals surface area contributed by atoms with Gasteiger partial charge in [0.05, 0.1) is 0 Å². The van der Waals surface area contributed by atoms with E-state index >= 15 is 0 Å². The van der Waals surface area contributed by atoms with Gasteiger partial charge in [0.1, 0.15) is 0 Å². The zero-order valence-electron chi connectivity index (χ0n) is 5.26. The second kappa shape index (κ2) is 2.03. The third-order valence-electron chi connectivity index (χ3n) is 1.39. The van der Waals surface area contributed by atoms with Gasteiger partial charge in [-0.25, -0.2) is 0 Å². The normalized spacial score (nSPS) is 26.8. The summed E-state index contributed by atoms with van der Waals surface area (Å²) in [5.41, 5.74) is 0. The van der Waals surface area contributed by atoms with Crippen LogP contribution in [0.15, 0.2) is 18.4 Å². The number of nitrogens with zero attached hydrogens (tertiary/aromatic N) is 1. The first-order valence-electron chi connectivity index (χ1n) is 2.78. The van der Waals surface area contributed by atoms with Crippen LogP contribution in [0.25, 0.3) is 0 Å². The Hall–Kier alpha value is -0.720. The number of allylic oxidation sites excluding steroid dienone is 2. The van der Waals surface area contributed by atoms with Gasteiger partial charge in [0.25, 0.3) is 0 Å². The Morgan fingerprint density at radius 3 is 2.75 bits per heavy atom. The molecule has 0 aliphatic carbocycles. The quantitative estimate of drug-likeness (QED) is 0.450. The van der Waals surface area contributed by atoms with E-state index in [1.807, 2.05) is 19.3 Å². The molecule has 1 radical (unpaired) electrons. The monoisotopic (exact) mass is 108 g/mol. The van der Waals surface area contributed by atoms with Crippen molar-refractivity contribution in [1.82, 2.24) is 4.90 Å². The summed E-state index contributed by atoms with van der Waals surface area (Å²) >= 11 is 0. The van der Waals surface area contributed by atoms with Gasteiger partial charge >= 0.3 is 0 Å². The first-order chi connectivity index (χ1) is 3.80. The highest BCUT2D eigenvalue weighted by Gasteiger charge is 2.00. The molecule has 0 saturated heterocycles. The fraction of sp³-hybridized carbons (Fsp3) is 0.429. The summed E-state index contributed by atoms with van der Waals surface area (Å²) in [5, 5.41) is 0. The Morgan fingerprint density at radius 2 is 2.38 bits per heavy atom. The number of rotatable bonds is 0. The molecule has 1 nitrogen and oxygen atoms in total. The second-order valence-electron chi connectivity index (χ2n) is 2.06. The van der Waals surface area contributed by atoms with Gasteiger partial charge in [0, 0.05) is 19.3 Å². The Balaban J connectivity index is 2.59. The van der Waals surface area contributed by atoms with Crippen molar-refractivity contribution < 1.29 is 0 Å². The minimum absolute atomic E-state index is 0.538. The second-order valence-corrected chi connectivity index (χ2v) is 2.06. The molecular weight excluding hydrogens is 98.1 g/mol. The highest BCUT2D eigenvalue weighted by atomic mass is 15.1. The highest BCUT2D eigenvalue weighted by Crippen LogP contribution is 2.01. The van der Waals surface area contributed by atoms with Crippen molar-refractivity contribution in [2.45, 2.75) is 13.0 Å². The molecule has 1 rings (SSSR count). The molecule has 1 aliphatic heterocycles. The van der Waals surface area contributed by atoms with Crippen LogP contribution in [0.3, 0.4) is 0 Å². The molecule has 8 heavy (non-hydrogen) atoms. The van der Waals surface area contributed by atoms with Gasteiger partial charge in [-0.05, 0) is 13.0 Å². The Labute approximate surface area is 50.3 Å². The van der Waals surface area contributed by atoms with E-state index < -0.39 is 0 Å². The van der Waals surface area contributed by atoms with Crippen molar-refractivity contribution in [2.24, 2.45) is 0 Å². The van der Waals surface area contributed by atoms with Crippen LogP contribution in [-0.2, 0) is 0 Å². The molecule has 1 atom stereocenters. The van der Waals surface area contributed by atoms with Crippen LogP contribution in [0.4, 0.5) is 0 Å². The Bertz CT molecular complexity index is 108. The Morgan fingerprint density at radius 1 is 1.62 bits per heavy atom. The van der Waals surface area contributed by atoms with E-state index in [9.17, 15) is 0 Å². The highest BCUT2D eigenvalue weighted by molar-refractivity contribution is 5.06. The van der Waals surface area contributed by atoms with Crippen LogP contribution in [0.2, 0.25) is 0 Å². The van der Waals surface area contributed by atoms with Crippen molar-refractivity contribution in [1.29, 1.82) is 0 Å². The summed E-state index contributed by atoms with van der Waals surface area (Å²) in [7, 11) is 2.04. The molecule has 0 aromatic carbocycles. The number of hydrogen-bond donors (Lipinski definition) is 0. The average Bonchev–Trinajstić information content (AvgIpc) is 1.77.